The van der Waals surface area contributed by atoms with Crippen molar-refractivity contribution in [2.45, 2.75) is 12.8 Å². The van der Waals surface area contributed by atoms with Gasteiger partial charge in [-0.15, -0.1) is 0 Å². The second-order valence-corrected chi connectivity index (χ2v) is 5.30. The first-order valence-corrected chi connectivity index (χ1v) is 6.90. The van der Waals surface area contributed by atoms with Crippen LogP contribution in [0.4, 0.5) is 0 Å². The van der Waals surface area contributed by atoms with Gasteiger partial charge < -0.3 is 9.64 Å². The van der Waals surface area contributed by atoms with E-state index in [0.29, 0.717) is 34.4 Å². The molecule has 6 heteroatoms. The maximum absolute atomic E-state index is 12.1. The Morgan fingerprint density at radius 2 is 2.11 bits per heavy atom. The molecule has 0 saturated heterocycles. The van der Waals surface area contributed by atoms with E-state index in [-0.39, 0.29) is 11.9 Å². The number of carbonyl (C=O) groups excluding carboxylic acids is 2. The first kappa shape index (κ1) is 16.0. The number of hydrogen-bond acceptors (Lipinski definition) is 3. The molecule has 0 radical (unpaired) electrons. The molecule has 1 rings (SSSR count). The third-order valence-corrected chi connectivity index (χ3v) is 3.83. The van der Waals surface area contributed by atoms with Gasteiger partial charge in [-0.3, -0.25) is 9.59 Å². The second kappa shape index (κ2) is 7.50. The molecule has 0 atom stereocenters. The summed E-state index contributed by atoms with van der Waals surface area (Å²) in [4.78, 5) is 24.6. The standard InChI is InChI=1S/C13H15BrClNO3/c1-16(7-3-4-12(17)19-2)13(18)9-5-6-11(15)10(14)8-9/h5-6,8H,3-4,7H2,1-2H3. The second-order valence-electron chi connectivity index (χ2n) is 4.04. The fourth-order valence-corrected chi connectivity index (χ4v) is 2.01. The van der Waals surface area contributed by atoms with Crippen molar-refractivity contribution in [3.8, 4) is 0 Å². The van der Waals surface area contributed by atoms with Gasteiger partial charge in [-0.05, 0) is 40.5 Å². The number of rotatable bonds is 5. The Balaban J connectivity index is 2.56. The molecule has 0 unspecified atom stereocenters. The van der Waals surface area contributed by atoms with Gasteiger partial charge in [0.1, 0.15) is 0 Å². The largest absolute Gasteiger partial charge is 0.469 e. The van der Waals surface area contributed by atoms with Gasteiger partial charge in [0.25, 0.3) is 5.91 Å². The van der Waals surface area contributed by atoms with Gasteiger partial charge in [-0.2, -0.15) is 0 Å². The predicted octanol–water partition coefficient (Wildman–Crippen LogP) is 3.13. The van der Waals surface area contributed by atoms with Gasteiger partial charge in [0, 0.05) is 30.0 Å². The Morgan fingerprint density at radius 3 is 2.68 bits per heavy atom. The van der Waals surface area contributed by atoms with Gasteiger partial charge in [0.2, 0.25) is 0 Å². The lowest BCUT2D eigenvalue weighted by Gasteiger charge is -2.17. The van der Waals surface area contributed by atoms with Gasteiger partial charge in [-0.25, -0.2) is 0 Å². The summed E-state index contributed by atoms with van der Waals surface area (Å²) in [5.74, 6) is -0.377. The molecule has 0 heterocycles. The Bertz CT molecular complexity index is 479. The summed E-state index contributed by atoms with van der Waals surface area (Å²) >= 11 is 9.16. The Hall–Kier alpha value is -1.07. The number of hydrogen-bond donors (Lipinski definition) is 0. The maximum atomic E-state index is 12.1. The van der Waals surface area contributed by atoms with Crippen molar-refractivity contribution in [1.82, 2.24) is 4.90 Å². The summed E-state index contributed by atoms with van der Waals surface area (Å²) in [6, 6.07) is 5.02. The van der Waals surface area contributed by atoms with Gasteiger partial charge in [0.05, 0.1) is 12.1 Å². The summed E-state index contributed by atoms with van der Waals surface area (Å²) < 4.78 is 5.23. The average molecular weight is 349 g/mol. The van der Waals surface area contributed by atoms with Crippen LogP contribution in [0.1, 0.15) is 23.2 Å². The zero-order chi connectivity index (χ0) is 14.4. The third kappa shape index (κ3) is 4.84. The molecule has 0 bridgehead atoms. The van der Waals surface area contributed by atoms with E-state index < -0.39 is 0 Å². The summed E-state index contributed by atoms with van der Waals surface area (Å²) in [6.07, 6.45) is 0.877. The number of esters is 1. The predicted molar refractivity (Wildman–Crippen MR) is 77.4 cm³/mol. The summed E-state index contributed by atoms with van der Waals surface area (Å²) in [6.45, 7) is 0.494. The molecule has 1 aromatic rings. The minimum Gasteiger partial charge on any atom is -0.469 e. The van der Waals surface area contributed by atoms with Crippen LogP contribution in [0.25, 0.3) is 0 Å². The van der Waals surface area contributed by atoms with Crippen LogP contribution in [0, 0.1) is 0 Å². The van der Waals surface area contributed by atoms with E-state index in [0.717, 1.165) is 0 Å². The van der Waals surface area contributed by atoms with Crippen LogP contribution < -0.4 is 0 Å². The van der Waals surface area contributed by atoms with Crippen LogP contribution in [0.15, 0.2) is 22.7 Å². The molecule has 19 heavy (non-hydrogen) atoms. The topological polar surface area (TPSA) is 46.6 Å². The highest BCUT2D eigenvalue weighted by molar-refractivity contribution is 9.10. The number of nitrogens with zero attached hydrogens (tertiary/aromatic N) is 1. The van der Waals surface area contributed by atoms with E-state index in [1.165, 1.54) is 7.11 Å². The number of ether oxygens (including phenoxy) is 1. The normalized spacial score (nSPS) is 10.1. The highest BCUT2D eigenvalue weighted by Crippen LogP contribution is 2.23. The molecular formula is C13H15BrClNO3. The summed E-state index contributed by atoms with van der Waals surface area (Å²) in [5, 5.41) is 0.560. The molecular weight excluding hydrogens is 334 g/mol. The lowest BCUT2D eigenvalue weighted by atomic mass is 10.2. The van der Waals surface area contributed by atoms with Crippen LogP contribution in [-0.2, 0) is 9.53 Å². The van der Waals surface area contributed by atoms with Gasteiger partial charge in [0.15, 0.2) is 0 Å². The van der Waals surface area contributed by atoms with Crippen molar-refractivity contribution in [3.05, 3.63) is 33.3 Å². The zero-order valence-corrected chi connectivity index (χ0v) is 13.1. The smallest absolute Gasteiger partial charge is 0.305 e. The highest BCUT2D eigenvalue weighted by atomic mass is 79.9. The SMILES string of the molecule is COC(=O)CCCN(C)C(=O)c1ccc(Cl)c(Br)c1. The van der Waals surface area contributed by atoms with Gasteiger partial charge >= 0.3 is 5.97 Å². The van der Waals surface area contributed by atoms with E-state index >= 15 is 0 Å². The average Bonchev–Trinajstić information content (AvgIpc) is 2.40. The molecule has 0 spiro atoms. The van der Waals surface area contributed by atoms with Gasteiger partial charge in [-0.1, -0.05) is 11.6 Å². The molecule has 0 aliphatic carbocycles. The fraction of sp³-hybridized carbons (Fsp3) is 0.385. The minimum absolute atomic E-state index is 0.109. The Labute approximate surface area is 125 Å². The van der Waals surface area contributed by atoms with Crippen molar-refractivity contribution in [1.29, 1.82) is 0 Å². The highest BCUT2D eigenvalue weighted by Gasteiger charge is 2.13. The molecule has 0 N–H and O–H groups in total. The number of benzene rings is 1. The first-order valence-electron chi connectivity index (χ1n) is 5.73. The van der Waals surface area contributed by atoms with Crippen LogP contribution in [0.2, 0.25) is 5.02 Å². The Morgan fingerprint density at radius 1 is 1.42 bits per heavy atom. The van der Waals surface area contributed by atoms with E-state index in [2.05, 4.69) is 20.7 Å². The van der Waals surface area contributed by atoms with E-state index in [9.17, 15) is 9.59 Å². The molecule has 0 fully saturated rings. The van der Waals surface area contributed by atoms with Crippen LogP contribution in [-0.4, -0.2) is 37.5 Å². The van der Waals surface area contributed by atoms with Crippen molar-refractivity contribution in [2.75, 3.05) is 20.7 Å². The third-order valence-electron chi connectivity index (χ3n) is 2.62. The van der Waals surface area contributed by atoms with E-state index in [1.807, 2.05) is 0 Å². The first-order chi connectivity index (χ1) is 8.95. The lowest BCUT2D eigenvalue weighted by Crippen LogP contribution is -2.28. The molecule has 1 amide bonds. The molecule has 0 aliphatic rings. The van der Waals surface area contributed by atoms with Crippen molar-refractivity contribution in [2.24, 2.45) is 0 Å². The zero-order valence-electron chi connectivity index (χ0n) is 10.8. The van der Waals surface area contributed by atoms with Crippen molar-refractivity contribution >= 4 is 39.4 Å². The molecule has 0 aliphatic heterocycles. The maximum Gasteiger partial charge on any atom is 0.305 e. The van der Waals surface area contributed by atoms with E-state index in [4.69, 9.17) is 11.6 Å². The molecule has 1 aromatic carbocycles. The number of carbonyl (C=O) groups is 2. The molecule has 4 nitrogen and oxygen atoms in total. The number of methoxy groups -OCH3 is 1. The fourth-order valence-electron chi connectivity index (χ4n) is 1.51. The molecule has 0 aromatic heterocycles. The summed E-state index contributed by atoms with van der Waals surface area (Å²) in [5.41, 5.74) is 0.553. The van der Waals surface area contributed by atoms with Crippen molar-refractivity contribution < 1.29 is 14.3 Å². The van der Waals surface area contributed by atoms with Crippen LogP contribution >= 0.6 is 27.5 Å². The minimum atomic E-state index is -0.268. The quantitative estimate of drug-likeness (QED) is 0.768. The number of halogens is 2. The van der Waals surface area contributed by atoms with E-state index in [1.54, 1.807) is 30.1 Å². The van der Waals surface area contributed by atoms with Crippen LogP contribution in [0.3, 0.4) is 0 Å². The Kier molecular flexibility index (Phi) is 6.31. The number of amides is 1. The molecule has 0 saturated carbocycles. The molecule has 104 valence electrons. The van der Waals surface area contributed by atoms with Crippen LogP contribution in [0.5, 0.6) is 0 Å². The van der Waals surface area contributed by atoms with Crippen molar-refractivity contribution in [3.63, 3.8) is 0 Å². The lowest BCUT2D eigenvalue weighted by molar-refractivity contribution is -0.140. The summed E-state index contributed by atoms with van der Waals surface area (Å²) in [7, 11) is 3.05. The monoisotopic (exact) mass is 347 g/mol.